The number of benzene rings is 1. The lowest BCUT2D eigenvalue weighted by molar-refractivity contribution is -0.138. The fourth-order valence-corrected chi connectivity index (χ4v) is 6.63. The van der Waals surface area contributed by atoms with Gasteiger partial charge < -0.3 is 5.73 Å². The Morgan fingerprint density at radius 1 is 0.816 bits per heavy atom. The van der Waals surface area contributed by atoms with Gasteiger partial charge >= 0.3 is 0 Å². The molecular formula is C33H56N2O2S. The van der Waals surface area contributed by atoms with Crippen LogP contribution < -0.4 is 5.73 Å². The minimum absolute atomic E-state index is 0.0170. The quantitative estimate of drug-likeness (QED) is 0.107. The van der Waals surface area contributed by atoms with Gasteiger partial charge in [0.1, 0.15) is 0 Å². The van der Waals surface area contributed by atoms with E-state index in [4.69, 9.17) is 5.73 Å². The molecule has 1 aliphatic rings. The van der Waals surface area contributed by atoms with Crippen molar-refractivity contribution in [1.82, 2.24) is 4.90 Å². The molecule has 0 radical (unpaired) electrons. The molecule has 1 aromatic rings. The summed E-state index contributed by atoms with van der Waals surface area (Å²) in [6, 6.07) is 4.15. The zero-order valence-corrected chi connectivity index (χ0v) is 26.0. The summed E-state index contributed by atoms with van der Waals surface area (Å²) >= 11 is 1.52. The van der Waals surface area contributed by atoms with Crippen molar-refractivity contribution < 1.29 is 9.59 Å². The van der Waals surface area contributed by atoms with E-state index in [0.29, 0.717) is 13.0 Å². The van der Waals surface area contributed by atoms with Crippen molar-refractivity contribution in [3.8, 4) is 0 Å². The molecule has 1 atom stereocenters. The number of rotatable bonds is 19. The van der Waals surface area contributed by atoms with Gasteiger partial charge in [0.2, 0.25) is 11.8 Å². The number of imide groups is 1. The predicted octanol–water partition coefficient (Wildman–Crippen LogP) is 9.36. The van der Waals surface area contributed by atoms with Crippen molar-refractivity contribution in [2.75, 3.05) is 12.3 Å². The fraction of sp³-hybridized carbons (Fsp3) is 0.758. The molecule has 1 aliphatic heterocycles. The molecule has 0 aromatic heterocycles. The van der Waals surface area contributed by atoms with Crippen molar-refractivity contribution in [2.45, 2.75) is 159 Å². The first kappa shape index (κ1) is 32.7. The third kappa shape index (κ3) is 11.3. The molecule has 0 saturated carbocycles. The summed E-state index contributed by atoms with van der Waals surface area (Å²) < 4.78 is 0. The van der Waals surface area contributed by atoms with Gasteiger partial charge in [-0.2, -0.15) is 0 Å². The number of nitrogens with two attached hydrogens (primary N) is 1. The van der Waals surface area contributed by atoms with Crippen LogP contribution in [0.25, 0.3) is 0 Å². The summed E-state index contributed by atoms with van der Waals surface area (Å²) in [5.74, 6) is -0.0376. The molecule has 0 spiro atoms. The van der Waals surface area contributed by atoms with Crippen LogP contribution in [0.3, 0.4) is 0 Å². The predicted molar refractivity (Wildman–Crippen MR) is 165 cm³/mol. The molecule has 1 unspecified atom stereocenters. The maximum atomic E-state index is 13.0. The highest BCUT2D eigenvalue weighted by Gasteiger charge is 2.38. The van der Waals surface area contributed by atoms with E-state index < -0.39 is 0 Å². The van der Waals surface area contributed by atoms with Gasteiger partial charge in [0.25, 0.3) is 0 Å². The Labute approximate surface area is 238 Å². The van der Waals surface area contributed by atoms with E-state index in [2.05, 4.69) is 33.8 Å². The van der Waals surface area contributed by atoms with Crippen molar-refractivity contribution in [3.63, 3.8) is 0 Å². The maximum absolute atomic E-state index is 13.0. The Morgan fingerprint density at radius 3 is 1.76 bits per heavy atom. The number of anilines is 1. The molecule has 2 amide bonds. The van der Waals surface area contributed by atoms with Gasteiger partial charge in [0.15, 0.2) is 0 Å². The second-order valence-electron chi connectivity index (χ2n) is 12.4. The largest absolute Gasteiger partial charge is 0.398 e. The Hall–Kier alpha value is -1.49. The van der Waals surface area contributed by atoms with Crippen LogP contribution in [-0.2, 0) is 15.0 Å². The number of carbonyl (C=O) groups excluding carboxylic acids is 2. The van der Waals surface area contributed by atoms with Crippen LogP contribution in [0, 0.1) is 6.92 Å². The highest BCUT2D eigenvalue weighted by molar-refractivity contribution is 8.00. The number of unbranched alkanes of at least 4 members (excludes halogenated alkanes) is 15. The average Bonchev–Trinajstić information content (AvgIpc) is 3.12. The summed E-state index contributed by atoms with van der Waals surface area (Å²) in [6.07, 6.45) is 21.5. The molecule has 38 heavy (non-hydrogen) atoms. The first-order chi connectivity index (χ1) is 18.1. The highest BCUT2D eigenvalue weighted by atomic mass is 32.2. The van der Waals surface area contributed by atoms with Crippen LogP contribution in [0.5, 0.6) is 0 Å². The lowest BCUT2D eigenvalue weighted by Gasteiger charge is -2.24. The van der Waals surface area contributed by atoms with E-state index in [1.165, 1.54) is 107 Å². The second-order valence-corrected chi connectivity index (χ2v) is 13.7. The second kappa shape index (κ2) is 17.3. The molecule has 1 heterocycles. The maximum Gasteiger partial charge on any atom is 0.243 e. The first-order valence-electron chi connectivity index (χ1n) is 15.6. The summed E-state index contributed by atoms with van der Waals surface area (Å²) in [7, 11) is 0. The van der Waals surface area contributed by atoms with Gasteiger partial charge in [-0.1, -0.05) is 124 Å². The monoisotopic (exact) mass is 544 g/mol. The Bertz CT molecular complexity index is 861. The Kier molecular flexibility index (Phi) is 14.9. The molecule has 1 fully saturated rings. The Morgan fingerprint density at radius 2 is 1.29 bits per heavy atom. The molecule has 216 valence electrons. The van der Waals surface area contributed by atoms with Gasteiger partial charge in [0.05, 0.1) is 5.25 Å². The number of nitrogens with zero attached hydrogens (tertiary/aromatic N) is 1. The summed E-state index contributed by atoms with van der Waals surface area (Å²) in [5.41, 5.74) is 9.21. The van der Waals surface area contributed by atoms with Gasteiger partial charge in [-0.15, -0.1) is 11.8 Å². The van der Waals surface area contributed by atoms with Crippen molar-refractivity contribution in [2.24, 2.45) is 0 Å². The highest BCUT2D eigenvalue weighted by Crippen LogP contribution is 2.38. The smallest absolute Gasteiger partial charge is 0.243 e. The molecule has 4 nitrogen and oxygen atoms in total. The summed E-state index contributed by atoms with van der Waals surface area (Å²) in [4.78, 5) is 28.1. The first-order valence-corrected chi connectivity index (χ1v) is 16.4. The standard InChI is InChI=1S/C33H56N2O2S/c1-6-7-8-9-10-11-12-13-14-15-16-17-18-19-20-21-22-35-30(36)25-29(32(35)37)38-27-23-26(2)31(34)28(24-27)33(3,4)5/h23-24,29H,6-22,25,34H2,1-5H3. The van der Waals surface area contributed by atoms with Crippen LogP contribution >= 0.6 is 11.8 Å². The number of aryl methyl sites for hydroxylation is 1. The number of carbonyl (C=O) groups is 2. The topological polar surface area (TPSA) is 63.4 Å². The van der Waals surface area contributed by atoms with E-state index in [0.717, 1.165) is 34.6 Å². The number of thioether (sulfide) groups is 1. The third-order valence-corrected chi connectivity index (χ3v) is 9.05. The molecular weight excluding hydrogens is 488 g/mol. The van der Waals surface area contributed by atoms with Crippen LogP contribution in [0.2, 0.25) is 0 Å². The minimum atomic E-state index is -0.320. The number of amides is 2. The number of likely N-dealkylation sites (tertiary alicyclic amines) is 1. The van der Waals surface area contributed by atoms with Gasteiger partial charge in [-0.25, -0.2) is 0 Å². The van der Waals surface area contributed by atoms with Crippen molar-refractivity contribution >= 4 is 29.3 Å². The number of hydrogen-bond acceptors (Lipinski definition) is 4. The van der Waals surface area contributed by atoms with E-state index in [9.17, 15) is 9.59 Å². The van der Waals surface area contributed by atoms with E-state index in [1.807, 2.05) is 13.0 Å². The van der Waals surface area contributed by atoms with Crippen LogP contribution in [0.1, 0.15) is 148 Å². The lowest BCUT2D eigenvalue weighted by atomic mass is 9.85. The molecule has 5 heteroatoms. The molecule has 1 aromatic carbocycles. The summed E-state index contributed by atoms with van der Waals surface area (Å²) in [5, 5.41) is -0.320. The average molecular weight is 545 g/mol. The molecule has 0 bridgehead atoms. The Balaban J connectivity index is 1.57. The van der Waals surface area contributed by atoms with Crippen molar-refractivity contribution in [1.29, 1.82) is 0 Å². The number of hydrogen-bond donors (Lipinski definition) is 1. The molecule has 2 rings (SSSR count). The molecule has 2 N–H and O–H groups in total. The number of nitrogen functional groups attached to an aromatic ring is 1. The van der Waals surface area contributed by atoms with Crippen LogP contribution in [0.4, 0.5) is 5.69 Å². The van der Waals surface area contributed by atoms with E-state index in [1.54, 1.807) is 0 Å². The van der Waals surface area contributed by atoms with Gasteiger partial charge in [-0.05, 0) is 42.0 Å². The zero-order valence-electron chi connectivity index (χ0n) is 25.2. The summed E-state index contributed by atoms with van der Waals surface area (Å²) in [6.45, 7) is 11.3. The van der Waals surface area contributed by atoms with Gasteiger partial charge in [-0.3, -0.25) is 14.5 Å². The lowest BCUT2D eigenvalue weighted by Crippen LogP contribution is -2.32. The normalized spacial score (nSPS) is 16.1. The van der Waals surface area contributed by atoms with E-state index in [-0.39, 0.29) is 22.5 Å². The van der Waals surface area contributed by atoms with Crippen molar-refractivity contribution in [3.05, 3.63) is 23.3 Å². The zero-order chi connectivity index (χ0) is 28.0. The van der Waals surface area contributed by atoms with Crippen LogP contribution in [0.15, 0.2) is 17.0 Å². The fourth-order valence-electron chi connectivity index (χ4n) is 5.42. The molecule has 0 aliphatic carbocycles. The molecule has 1 saturated heterocycles. The van der Waals surface area contributed by atoms with E-state index >= 15 is 0 Å². The van der Waals surface area contributed by atoms with Crippen LogP contribution in [-0.4, -0.2) is 28.5 Å². The SMILES string of the molecule is CCCCCCCCCCCCCCCCCCN1C(=O)CC(Sc2cc(C)c(N)c(C(C)(C)C)c2)C1=O. The van der Waals surface area contributed by atoms with Gasteiger partial charge in [0, 0.05) is 23.5 Å². The third-order valence-electron chi connectivity index (χ3n) is 7.88. The minimum Gasteiger partial charge on any atom is -0.398 e.